The summed E-state index contributed by atoms with van der Waals surface area (Å²) in [5.41, 5.74) is 4.24. The predicted molar refractivity (Wildman–Crippen MR) is 113 cm³/mol. The van der Waals surface area contributed by atoms with E-state index < -0.39 is 0 Å². The van der Waals surface area contributed by atoms with Crippen LogP contribution in [0, 0.1) is 6.92 Å². The molecule has 0 aliphatic carbocycles. The van der Waals surface area contributed by atoms with Crippen molar-refractivity contribution in [3.8, 4) is 11.3 Å². The molecule has 1 aromatic heterocycles. The predicted octanol–water partition coefficient (Wildman–Crippen LogP) is 3.98. The molecule has 28 heavy (non-hydrogen) atoms. The zero-order valence-corrected chi connectivity index (χ0v) is 16.5. The molecule has 1 saturated heterocycles. The summed E-state index contributed by atoms with van der Waals surface area (Å²) in [6, 6.07) is 18.0. The van der Waals surface area contributed by atoms with Gasteiger partial charge in [0.1, 0.15) is 0 Å². The molecule has 1 aliphatic rings. The summed E-state index contributed by atoms with van der Waals surface area (Å²) < 4.78 is 0. The van der Waals surface area contributed by atoms with Crippen LogP contribution in [0.15, 0.2) is 54.6 Å². The highest BCUT2D eigenvalue weighted by molar-refractivity contribution is 6.30. The monoisotopic (exact) mass is 394 g/mol. The van der Waals surface area contributed by atoms with Crippen molar-refractivity contribution in [3.05, 3.63) is 70.7 Å². The van der Waals surface area contributed by atoms with E-state index in [1.165, 1.54) is 5.56 Å². The van der Waals surface area contributed by atoms with Gasteiger partial charge in [0, 0.05) is 30.2 Å². The molecule has 2 N–H and O–H groups in total. The third kappa shape index (κ3) is 4.37. The van der Waals surface area contributed by atoms with Crippen LogP contribution >= 0.6 is 11.6 Å². The third-order valence-corrected chi connectivity index (χ3v) is 5.33. The van der Waals surface area contributed by atoms with Crippen LogP contribution in [0.2, 0.25) is 5.02 Å². The van der Waals surface area contributed by atoms with Crippen molar-refractivity contribution >= 4 is 23.3 Å². The number of aromatic amines is 1. The van der Waals surface area contributed by atoms with E-state index in [0.29, 0.717) is 11.4 Å². The number of carbonyl (C=O) groups is 1. The van der Waals surface area contributed by atoms with Crippen molar-refractivity contribution in [2.24, 2.45) is 0 Å². The van der Waals surface area contributed by atoms with Gasteiger partial charge in [-0.2, -0.15) is 5.10 Å². The maximum absolute atomic E-state index is 12.4. The Kier molecular flexibility index (Phi) is 5.35. The first-order valence-corrected chi connectivity index (χ1v) is 9.86. The SMILES string of the molecule is Cc1ccc(CC(=O)N[C@H]2CCN(c3cc(-c4ccc(Cl)cc4)[nH]n3)C2)cc1. The van der Waals surface area contributed by atoms with Gasteiger partial charge in [-0.15, -0.1) is 0 Å². The van der Waals surface area contributed by atoms with Crippen LogP contribution in [-0.2, 0) is 11.2 Å². The summed E-state index contributed by atoms with van der Waals surface area (Å²) in [7, 11) is 0. The number of amides is 1. The minimum Gasteiger partial charge on any atom is -0.353 e. The lowest BCUT2D eigenvalue weighted by molar-refractivity contribution is -0.121. The lowest BCUT2D eigenvalue weighted by atomic mass is 10.1. The van der Waals surface area contributed by atoms with Gasteiger partial charge < -0.3 is 10.2 Å². The highest BCUT2D eigenvalue weighted by Crippen LogP contribution is 2.25. The number of benzene rings is 2. The van der Waals surface area contributed by atoms with Gasteiger partial charge in [-0.1, -0.05) is 53.6 Å². The number of aryl methyl sites for hydroxylation is 1. The zero-order valence-electron chi connectivity index (χ0n) is 15.8. The molecule has 0 saturated carbocycles. The molecular formula is C22H23ClN4O. The highest BCUT2D eigenvalue weighted by Gasteiger charge is 2.25. The number of carbonyl (C=O) groups excluding carboxylic acids is 1. The number of hydrogen-bond acceptors (Lipinski definition) is 3. The quantitative estimate of drug-likeness (QED) is 0.688. The van der Waals surface area contributed by atoms with Gasteiger partial charge in [-0.3, -0.25) is 9.89 Å². The third-order valence-electron chi connectivity index (χ3n) is 5.08. The number of rotatable bonds is 5. The fourth-order valence-corrected chi connectivity index (χ4v) is 3.63. The van der Waals surface area contributed by atoms with Gasteiger partial charge in [-0.25, -0.2) is 0 Å². The second kappa shape index (κ2) is 8.07. The summed E-state index contributed by atoms with van der Waals surface area (Å²) in [4.78, 5) is 14.6. The Morgan fingerprint density at radius 3 is 2.71 bits per heavy atom. The van der Waals surface area contributed by atoms with Crippen molar-refractivity contribution in [3.63, 3.8) is 0 Å². The smallest absolute Gasteiger partial charge is 0.224 e. The summed E-state index contributed by atoms with van der Waals surface area (Å²) in [5, 5.41) is 11.4. The van der Waals surface area contributed by atoms with Crippen LogP contribution in [0.25, 0.3) is 11.3 Å². The van der Waals surface area contributed by atoms with Gasteiger partial charge in [0.25, 0.3) is 0 Å². The van der Waals surface area contributed by atoms with Crippen LogP contribution in [-0.4, -0.2) is 35.2 Å². The minimum atomic E-state index is 0.0691. The maximum atomic E-state index is 12.4. The molecule has 6 heteroatoms. The molecule has 144 valence electrons. The van der Waals surface area contributed by atoms with Crippen molar-refractivity contribution in [2.45, 2.75) is 25.8 Å². The van der Waals surface area contributed by atoms with Crippen LogP contribution in [0.3, 0.4) is 0 Å². The first-order chi connectivity index (χ1) is 13.6. The van der Waals surface area contributed by atoms with E-state index in [1.54, 1.807) is 0 Å². The van der Waals surface area contributed by atoms with E-state index in [9.17, 15) is 4.79 Å². The minimum absolute atomic E-state index is 0.0691. The summed E-state index contributed by atoms with van der Waals surface area (Å²) in [6.07, 6.45) is 1.34. The Balaban J connectivity index is 1.33. The fourth-order valence-electron chi connectivity index (χ4n) is 3.51. The Labute approximate surface area is 169 Å². The fraction of sp³-hybridized carbons (Fsp3) is 0.273. The lowest BCUT2D eigenvalue weighted by Gasteiger charge is -2.16. The maximum Gasteiger partial charge on any atom is 0.224 e. The van der Waals surface area contributed by atoms with Gasteiger partial charge in [0.2, 0.25) is 5.91 Å². The average Bonchev–Trinajstić information content (AvgIpc) is 3.34. The van der Waals surface area contributed by atoms with E-state index in [2.05, 4.69) is 20.4 Å². The zero-order chi connectivity index (χ0) is 19.5. The summed E-state index contributed by atoms with van der Waals surface area (Å²) in [6.45, 7) is 3.69. The molecule has 0 unspecified atom stereocenters. The second-order valence-electron chi connectivity index (χ2n) is 7.31. The summed E-state index contributed by atoms with van der Waals surface area (Å²) >= 11 is 5.95. The normalized spacial score (nSPS) is 16.4. The lowest BCUT2D eigenvalue weighted by Crippen LogP contribution is -2.38. The van der Waals surface area contributed by atoms with Crippen molar-refractivity contribution in [2.75, 3.05) is 18.0 Å². The molecule has 2 aromatic carbocycles. The van der Waals surface area contributed by atoms with Crippen molar-refractivity contribution < 1.29 is 4.79 Å². The molecule has 0 bridgehead atoms. The Morgan fingerprint density at radius 2 is 1.96 bits per heavy atom. The Bertz CT molecular complexity index is 949. The molecule has 1 atom stereocenters. The molecule has 4 rings (SSSR count). The summed E-state index contributed by atoms with van der Waals surface area (Å²) in [5.74, 6) is 0.972. The molecule has 3 aromatic rings. The average molecular weight is 395 g/mol. The van der Waals surface area contributed by atoms with E-state index in [0.717, 1.165) is 42.1 Å². The van der Waals surface area contributed by atoms with E-state index in [1.807, 2.05) is 61.5 Å². The largest absolute Gasteiger partial charge is 0.353 e. The first kappa shape index (κ1) is 18.6. The number of nitrogens with zero attached hydrogens (tertiary/aromatic N) is 2. The highest BCUT2D eigenvalue weighted by atomic mass is 35.5. The number of H-pyrrole nitrogens is 1. The Hall–Kier alpha value is -2.79. The van der Waals surface area contributed by atoms with Crippen LogP contribution < -0.4 is 10.2 Å². The molecule has 1 amide bonds. The molecule has 1 fully saturated rings. The van der Waals surface area contributed by atoms with Crippen molar-refractivity contribution in [1.29, 1.82) is 0 Å². The molecule has 2 heterocycles. The topological polar surface area (TPSA) is 61.0 Å². The number of aromatic nitrogens is 2. The molecule has 0 radical (unpaired) electrons. The van der Waals surface area contributed by atoms with E-state index in [4.69, 9.17) is 11.6 Å². The van der Waals surface area contributed by atoms with Crippen molar-refractivity contribution in [1.82, 2.24) is 15.5 Å². The van der Waals surface area contributed by atoms with Gasteiger partial charge in [0.15, 0.2) is 5.82 Å². The van der Waals surface area contributed by atoms with Crippen LogP contribution in [0.5, 0.6) is 0 Å². The van der Waals surface area contributed by atoms with Crippen LogP contribution in [0.1, 0.15) is 17.5 Å². The van der Waals surface area contributed by atoms with Gasteiger partial charge in [-0.05, 0) is 36.6 Å². The molecule has 1 aliphatic heterocycles. The molecule has 0 spiro atoms. The number of anilines is 1. The molecule has 5 nitrogen and oxygen atoms in total. The first-order valence-electron chi connectivity index (χ1n) is 9.48. The Morgan fingerprint density at radius 1 is 1.21 bits per heavy atom. The van der Waals surface area contributed by atoms with Gasteiger partial charge >= 0.3 is 0 Å². The van der Waals surface area contributed by atoms with Gasteiger partial charge in [0.05, 0.1) is 12.1 Å². The van der Waals surface area contributed by atoms with E-state index in [-0.39, 0.29) is 11.9 Å². The number of halogens is 1. The number of nitrogens with one attached hydrogen (secondary N) is 2. The molecular weight excluding hydrogens is 372 g/mol. The standard InChI is InChI=1S/C22H23ClN4O/c1-15-2-4-16(5-3-15)12-22(28)24-19-10-11-27(14-19)21-13-20(25-26-21)17-6-8-18(23)9-7-17/h2-9,13,19H,10-12,14H2,1H3,(H,24,28)(H,25,26)/t19-/m0/s1. The number of hydrogen-bond donors (Lipinski definition) is 2. The van der Waals surface area contributed by atoms with E-state index >= 15 is 0 Å². The van der Waals surface area contributed by atoms with Crippen LogP contribution in [0.4, 0.5) is 5.82 Å². The second-order valence-corrected chi connectivity index (χ2v) is 7.74.